The zero-order valence-electron chi connectivity index (χ0n) is 10.5. The maximum absolute atomic E-state index is 5.51. The van der Waals surface area contributed by atoms with Crippen LogP contribution >= 0.6 is 0 Å². The first kappa shape index (κ1) is 11.9. The molecular formula is C14H19N3. The van der Waals surface area contributed by atoms with Crippen LogP contribution < -0.4 is 5.73 Å². The molecule has 3 nitrogen and oxygen atoms in total. The average molecular weight is 229 g/mol. The molecular weight excluding hydrogens is 210 g/mol. The van der Waals surface area contributed by atoms with Gasteiger partial charge in [-0.2, -0.15) is 0 Å². The van der Waals surface area contributed by atoms with E-state index in [1.54, 1.807) is 0 Å². The van der Waals surface area contributed by atoms with Crippen molar-refractivity contribution in [1.29, 1.82) is 0 Å². The third-order valence-corrected chi connectivity index (χ3v) is 2.94. The normalized spacial score (nSPS) is 10.8. The van der Waals surface area contributed by atoms with Crippen molar-refractivity contribution < 1.29 is 0 Å². The molecule has 1 heterocycles. The summed E-state index contributed by atoms with van der Waals surface area (Å²) in [7, 11) is 0. The number of hydrogen-bond acceptors (Lipinski definition) is 2. The standard InChI is InChI=1S/C14H19N3/c1-11-3-4-13(12(2)7-11)8-17-9-14(5-6-15)16-10-17/h3-4,7,9-10H,5-6,8,15H2,1-2H3. The van der Waals surface area contributed by atoms with Gasteiger partial charge in [0.05, 0.1) is 12.0 Å². The summed E-state index contributed by atoms with van der Waals surface area (Å²) in [5, 5.41) is 0. The minimum Gasteiger partial charge on any atom is -0.333 e. The van der Waals surface area contributed by atoms with Gasteiger partial charge >= 0.3 is 0 Å². The van der Waals surface area contributed by atoms with E-state index in [2.05, 4.69) is 47.8 Å². The molecule has 2 N–H and O–H groups in total. The van der Waals surface area contributed by atoms with E-state index in [4.69, 9.17) is 5.73 Å². The highest BCUT2D eigenvalue weighted by Crippen LogP contribution is 2.12. The highest BCUT2D eigenvalue weighted by molar-refractivity contribution is 5.30. The van der Waals surface area contributed by atoms with Gasteiger partial charge in [0.25, 0.3) is 0 Å². The van der Waals surface area contributed by atoms with Gasteiger partial charge in [0, 0.05) is 19.2 Å². The largest absolute Gasteiger partial charge is 0.333 e. The SMILES string of the molecule is Cc1ccc(Cn2cnc(CCN)c2)c(C)c1. The maximum Gasteiger partial charge on any atom is 0.0952 e. The number of rotatable bonds is 4. The van der Waals surface area contributed by atoms with Crippen LogP contribution in [0.15, 0.2) is 30.7 Å². The quantitative estimate of drug-likeness (QED) is 0.872. The van der Waals surface area contributed by atoms with Crippen LogP contribution in [0.25, 0.3) is 0 Å². The smallest absolute Gasteiger partial charge is 0.0952 e. The van der Waals surface area contributed by atoms with Crippen molar-refractivity contribution in [3.8, 4) is 0 Å². The molecule has 90 valence electrons. The van der Waals surface area contributed by atoms with Crippen LogP contribution in [0.2, 0.25) is 0 Å². The summed E-state index contributed by atoms with van der Waals surface area (Å²) in [5.41, 5.74) is 10.6. The van der Waals surface area contributed by atoms with Gasteiger partial charge in [-0.25, -0.2) is 4.98 Å². The molecule has 0 saturated carbocycles. The molecule has 17 heavy (non-hydrogen) atoms. The van der Waals surface area contributed by atoms with Gasteiger partial charge in [0.1, 0.15) is 0 Å². The molecule has 1 aromatic carbocycles. The Balaban J connectivity index is 2.13. The summed E-state index contributed by atoms with van der Waals surface area (Å²) in [6, 6.07) is 6.56. The van der Waals surface area contributed by atoms with Gasteiger partial charge in [-0.15, -0.1) is 0 Å². The fraction of sp³-hybridized carbons (Fsp3) is 0.357. The number of imidazole rings is 1. The highest BCUT2D eigenvalue weighted by atomic mass is 15.0. The van der Waals surface area contributed by atoms with Crippen molar-refractivity contribution in [3.63, 3.8) is 0 Å². The molecule has 1 aromatic heterocycles. The Morgan fingerprint density at radius 1 is 1.29 bits per heavy atom. The third kappa shape index (κ3) is 2.94. The van der Waals surface area contributed by atoms with Gasteiger partial charge in [-0.3, -0.25) is 0 Å². The molecule has 0 spiro atoms. The van der Waals surface area contributed by atoms with E-state index in [1.807, 2.05) is 6.33 Å². The topological polar surface area (TPSA) is 43.8 Å². The van der Waals surface area contributed by atoms with Crippen molar-refractivity contribution in [2.24, 2.45) is 5.73 Å². The van der Waals surface area contributed by atoms with E-state index < -0.39 is 0 Å². The number of nitrogens with zero attached hydrogens (tertiary/aromatic N) is 2. The summed E-state index contributed by atoms with van der Waals surface area (Å²) in [6.07, 6.45) is 4.80. The predicted molar refractivity (Wildman–Crippen MR) is 70.0 cm³/mol. The second-order valence-electron chi connectivity index (χ2n) is 4.51. The van der Waals surface area contributed by atoms with Crippen LogP contribution in [0.3, 0.4) is 0 Å². The molecule has 0 aliphatic heterocycles. The van der Waals surface area contributed by atoms with Gasteiger partial charge in [-0.1, -0.05) is 23.8 Å². The van der Waals surface area contributed by atoms with E-state index >= 15 is 0 Å². The summed E-state index contributed by atoms with van der Waals surface area (Å²) >= 11 is 0. The Kier molecular flexibility index (Phi) is 3.59. The molecule has 0 bridgehead atoms. The van der Waals surface area contributed by atoms with Crippen LogP contribution in [-0.2, 0) is 13.0 Å². The molecule has 0 fully saturated rings. The van der Waals surface area contributed by atoms with E-state index in [0.29, 0.717) is 6.54 Å². The highest BCUT2D eigenvalue weighted by Gasteiger charge is 2.02. The lowest BCUT2D eigenvalue weighted by Crippen LogP contribution is -2.03. The van der Waals surface area contributed by atoms with E-state index in [9.17, 15) is 0 Å². The monoisotopic (exact) mass is 229 g/mol. The van der Waals surface area contributed by atoms with Gasteiger partial charge < -0.3 is 10.3 Å². The Morgan fingerprint density at radius 3 is 2.82 bits per heavy atom. The first-order valence-electron chi connectivity index (χ1n) is 5.96. The van der Waals surface area contributed by atoms with Crippen LogP contribution in [0.1, 0.15) is 22.4 Å². The summed E-state index contributed by atoms with van der Waals surface area (Å²) in [4.78, 5) is 4.33. The van der Waals surface area contributed by atoms with Crippen LogP contribution in [0.4, 0.5) is 0 Å². The first-order valence-corrected chi connectivity index (χ1v) is 5.96. The van der Waals surface area contributed by atoms with Gasteiger partial charge in [0.15, 0.2) is 0 Å². The van der Waals surface area contributed by atoms with Crippen molar-refractivity contribution >= 4 is 0 Å². The minimum atomic E-state index is 0.653. The van der Waals surface area contributed by atoms with Crippen molar-refractivity contribution in [2.45, 2.75) is 26.8 Å². The lowest BCUT2D eigenvalue weighted by Gasteiger charge is -2.07. The Morgan fingerprint density at radius 2 is 2.12 bits per heavy atom. The van der Waals surface area contributed by atoms with Gasteiger partial charge in [-0.05, 0) is 31.5 Å². The lowest BCUT2D eigenvalue weighted by atomic mass is 10.1. The van der Waals surface area contributed by atoms with Crippen LogP contribution in [0.5, 0.6) is 0 Å². The first-order chi connectivity index (χ1) is 8.19. The molecule has 0 radical (unpaired) electrons. The molecule has 0 amide bonds. The molecule has 0 saturated heterocycles. The molecule has 0 unspecified atom stereocenters. The second kappa shape index (κ2) is 5.15. The minimum absolute atomic E-state index is 0.653. The number of nitrogens with two attached hydrogens (primary N) is 1. The van der Waals surface area contributed by atoms with E-state index in [-0.39, 0.29) is 0 Å². The third-order valence-electron chi connectivity index (χ3n) is 2.94. The van der Waals surface area contributed by atoms with Crippen molar-refractivity contribution in [1.82, 2.24) is 9.55 Å². The number of aryl methyl sites for hydroxylation is 2. The lowest BCUT2D eigenvalue weighted by molar-refractivity contribution is 0.790. The van der Waals surface area contributed by atoms with Crippen LogP contribution in [-0.4, -0.2) is 16.1 Å². The van der Waals surface area contributed by atoms with Crippen molar-refractivity contribution in [2.75, 3.05) is 6.54 Å². The Bertz CT molecular complexity index is 500. The Labute approximate surface area is 102 Å². The molecule has 0 atom stereocenters. The summed E-state index contributed by atoms with van der Waals surface area (Å²) < 4.78 is 2.11. The van der Waals surface area contributed by atoms with Crippen LogP contribution in [0, 0.1) is 13.8 Å². The summed E-state index contributed by atoms with van der Waals surface area (Å²) in [6.45, 7) is 5.80. The molecule has 3 heteroatoms. The maximum atomic E-state index is 5.51. The fourth-order valence-corrected chi connectivity index (χ4v) is 1.99. The number of benzene rings is 1. The second-order valence-corrected chi connectivity index (χ2v) is 4.51. The van der Waals surface area contributed by atoms with E-state index in [0.717, 1.165) is 18.7 Å². The Hall–Kier alpha value is -1.61. The molecule has 2 rings (SSSR count). The molecule has 2 aromatic rings. The number of aromatic nitrogens is 2. The zero-order valence-corrected chi connectivity index (χ0v) is 10.5. The average Bonchev–Trinajstić information content (AvgIpc) is 2.71. The zero-order chi connectivity index (χ0) is 12.3. The molecule has 0 aliphatic carbocycles. The van der Waals surface area contributed by atoms with Crippen molar-refractivity contribution in [3.05, 3.63) is 53.1 Å². The fourth-order valence-electron chi connectivity index (χ4n) is 1.99. The van der Waals surface area contributed by atoms with E-state index in [1.165, 1.54) is 16.7 Å². The number of hydrogen-bond donors (Lipinski definition) is 1. The summed E-state index contributed by atoms with van der Waals surface area (Å²) in [5.74, 6) is 0. The van der Waals surface area contributed by atoms with Gasteiger partial charge in [0.2, 0.25) is 0 Å². The predicted octanol–water partition coefficient (Wildman–Crippen LogP) is 2.05. The molecule has 0 aliphatic rings.